The Labute approximate surface area is 263 Å². The highest BCUT2D eigenvalue weighted by molar-refractivity contribution is 5.86. The van der Waals surface area contributed by atoms with Crippen LogP contribution in [0.25, 0.3) is 27.9 Å². The molecule has 0 fully saturated rings. The van der Waals surface area contributed by atoms with Crippen molar-refractivity contribution in [3.8, 4) is 39.4 Å². The minimum atomic E-state index is -0.589. The van der Waals surface area contributed by atoms with Gasteiger partial charge in [-0.25, -0.2) is 4.68 Å². The van der Waals surface area contributed by atoms with E-state index in [0.29, 0.717) is 0 Å². The molecule has 0 atom stereocenters. The fourth-order valence-electron chi connectivity index (χ4n) is 7.09. The van der Waals surface area contributed by atoms with Gasteiger partial charge in [0.2, 0.25) is 0 Å². The molecule has 2 heterocycles. The first kappa shape index (κ1) is 26.9. The first-order valence-corrected chi connectivity index (χ1v) is 15.2. The van der Waals surface area contributed by atoms with E-state index in [4.69, 9.17) is 9.72 Å². The van der Waals surface area contributed by atoms with Gasteiger partial charge in [-0.05, 0) is 106 Å². The lowest BCUT2D eigenvalue weighted by Gasteiger charge is -2.32. The van der Waals surface area contributed by atoms with Crippen molar-refractivity contribution in [2.24, 2.45) is 0 Å². The quantitative estimate of drug-likeness (QED) is 0.196. The van der Waals surface area contributed by atoms with Crippen LogP contribution < -0.4 is 4.74 Å². The highest BCUT2D eigenvalue weighted by Crippen LogP contribution is 2.55. The minimum Gasteiger partial charge on any atom is -0.457 e. The summed E-state index contributed by atoms with van der Waals surface area (Å²) in [6.45, 7) is 4.31. The van der Waals surface area contributed by atoms with E-state index < -0.39 is 5.41 Å². The van der Waals surface area contributed by atoms with Crippen LogP contribution in [0.5, 0.6) is 11.5 Å². The molecule has 7 aromatic rings. The Morgan fingerprint density at radius 3 is 2.00 bits per heavy atom. The van der Waals surface area contributed by atoms with Crippen molar-refractivity contribution in [2.45, 2.75) is 19.3 Å². The number of aromatic nitrogens is 3. The van der Waals surface area contributed by atoms with Crippen molar-refractivity contribution in [3.63, 3.8) is 0 Å². The summed E-state index contributed by atoms with van der Waals surface area (Å²) in [7, 11) is 0. The number of fused-ring (bicyclic) bond motifs is 3. The molecule has 45 heavy (non-hydrogen) atoms. The molecule has 216 valence electrons. The minimum absolute atomic E-state index is 0.589. The molecule has 1 aliphatic rings. The van der Waals surface area contributed by atoms with E-state index in [1.54, 1.807) is 6.20 Å². The Kier molecular flexibility index (Phi) is 6.42. The first-order valence-electron chi connectivity index (χ1n) is 15.2. The molecule has 0 radical (unpaired) electrons. The van der Waals surface area contributed by atoms with Gasteiger partial charge in [0.15, 0.2) is 0 Å². The number of aryl methyl sites for hydroxylation is 2. The molecule has 1 aliphatic carbocycles. The van der Waals surface area contributed by atoms with Crippen LogP contribution >= 0.6 is 0 Å². The average Bonchev–Trinajstić information content (AvgIpc) is 3.71. The summed E-state index contributed by atoms with van der Waals surface area (Å²) in [5, 5.41) is 4.52. The fourth-order valence-corrected chi connectivity index (χ4v) is 7.09. The maximum absolute atomic E-state index is 6.75. The normalized spacial score (nSPS) is 12.8. The molecule has 0 bridgehead atoms. The third kappa shape index (κ3) is 4.37. The van der Waals surface area contributed by atoms with Crippen molar-refractivity contribution in [1.82, 2.24) is 14.8 Å². The van der Waals surface area contributed by atoms with E-state index >= 15 is 0 Å². The molecule has 5 aromatic carbocycles. The van der Waals surface area contributed by atoms with Crippen molar-refractivity contribution in [2.75, 3.05) is 0 Å². The van der Waals surface area contributed by atoms with Gasteiger partial charge >= 0.3 is 0 Å². The molecule has 4 heteroatoms. The van der Waals surface area contributed by atoms with Crippen LogP contribution in [0.2, 0.25) is 0 Å². The molecule has 0 aliphatic heterocycles. The predicted octanol–water partition coefficient (Wildman–Crippen LogP) is 9.71. The van der Waals surface area contributed by atoms with E-state index in [-0.39, 0.29) is 0 Å². The summed E-state index contributed by atoms with van der Waals surface area (Å²) >= 11 is 0. The Balaban J connectivity index is 1.30. The summed E-state index contributed by atoms with van der Waals surface area (Å²) in [5.74, 6) is 1.51. The lowest BCUT2D eigenvalue weighted by atomic mass is 9.70. The SMILES string of the molecule is Cc1cccc(C)c1-c1cc(Oc2cccc(C3(c4ccccn4)c4ccccc4-c4ccccc43)c2)cc(-n2cccn2)c1. The molecular weight excluding hydrogens is 550 g/mol. The number of benzene rings is 5. The summed E-state index contributed by atoms with van der Waals surface area (Å²) < 4.78 is 8.63. The summed E-state index contributed by atoms with van der Waals surface area (Å²) in [4.78, 5) is 4.97. The van der Waals surface area contributed by atoms with E-state index in [0.717, 1.165) is 34.0 Å². The Morgan fingerprint density at radius 1 is 0.600 bits per heavy atom. The largest absolute Gasteiger partial charge is 0.457 e. The Morgan fingerprint density at radius 2 is 1.31 bits per heavy atom. The smallest absolute Gasteiger partial charge is 0.130 e. The molecule has 0 N–H and O–H groups in total. The number of rotatable bonds is 6. The van der Waals surface area contributed by atoms with Gasteiger partial charge in [0.05, 0.1) is 16.8 Å². The fraction of sp³-hybridized carbons (Fsp3) is 0.0732. The van der Waals surface area contributed by atoms with Crippen molar-refractivity contribution < 1.29 is 4.74 Å². The summed E-state index contributed by atoms with van der Waals surface area (Å²) in [6.07, 6.45) is 5.64. The predicted molar refractivity (Wildman–Crippen MR) is 180 cm³/mol. The van der Waals surface area contributed by atoms with Crippen LogP contribution in [0.4, 0.5) is 0 Å². The van der Waals surface area contributed by atoms with E-state index in [1.165, 1.54) is 38.9 Å². The molecule has 8 rings (SSSR count). The van der Waals surface area contributed by atoms with Crippen LogP contribution in [0.15, 0.2) is 152 Å². The van der Waals surface area contributed by atoms with Gasteiger partial charge in [-0.2, -0.15) is 5.10 Å². The molecule has 0 unspecified atom stereocenters. The van der Waals surface area contributed by atoms with Gasteiger partial charge in [-0.1, -0.05) is 84.9 Å². The van der Waals surface area contributed by atoms with Crippen LogP contribution in [0.3, 0.4) is 0 Å². The Hall–Kier alpha value is -5.74. The zero-order chi connectivity index (χ0) is 30.4. The van der Waals surface area contributed by atoms with E-state index in [9.17, 15) is 0 Å². The molecule has 0 saturated carbocycles. The number of ether oxygens (including phenoxy) is 1. The van der Waals surface area contributed by atoms with Crippen molar-refractivity contribution in [1.29, 1.82) is 0 Å². The van der Waals surface area contributed by atoms with Gasteiger partial charge in [-0.3, -0.25) is 4.98 Å². The zero-order valence-corrected chi connectivity index (χ0v) is 25.2. The lowest BCUT2D eigenvalue weighted by Crippen LogP contribution is -2.29. The highest BCUT2D eigenvalue weighted by Gasteiger charge is 2.47. The number of hydrogen-bond donors (Lipinski definition) is 0. The monoisotopic (exact) mass is 581 g/mol. The first-order chi connectivity index (χ1) is 22.1. The highest BCUT2D eigenvalue weighted by atomic mass is 16.5. The maximum Gasteiger partial charge on any atom is 0.130 e. The van der Waals surface area contributed by atoms with E-state index in [1.807, 2.05) is 41.3 Å². The van der Waals surface area contributed by atoms with Gasteiger partial charge in [0, 0.05) is 24.7 Å². The van der Waals surface area contributed by atoms with Gasteiger partial charge in [0.1, 0.15) is 11.5 Å². The van der Waals surface area contributed by atoms with Crippen LogP contribution in [-0.4, -0.2) is 14.8 Å². The lowest BCUT2D eigenvalue weighted by molar-refractivity contribution is 0.481. The number of pyridine rings is 1. The maximum atomic E-state index is 6.75. The Bertz CT molecular complexity index is 2100. The summed E-state index contributed by atoms with van der Waals surface area (Å²) in [5.41, 5.74) is 12.1. The molecule has 0 spiro atoms. The second kappa shape index (κ2) is 10.8. The average molecular weight is 582 g/mol. The zero-order valence-electron chi connectivity index (χ0n) is 25.2. The van der Waals surface area contributed by atoms with E-state index in [2.05, 4.69) is 128 Å². The van der Waals surface area contributed by atoms with Crippen molar-refractivity contribution in [3.05, 3.63) is 186 Å². The molecule has 4 nitrogen and oxygen atoms in total. The standard InChI is InChI=1S/C41H31N3O/c1-28-12-9-13-29(2)40(28)30-24-32(44-23-11-22-43-44)27-34(25-30)45-33-15-10-14-31(26-33)41(39-20-7-8-21-42-39)37-18-5-3-16-35(37)36-17-4-6-19-38(36)41/h3-27H,1-2H3. The second-order valence-corrected chi connectivity index (χ2v) is 11.6. The van der Waals surface area contributed by atoms with Crippen LogP contribution in [0, 0.1) is 13.8 Å². The van der Waals surface area contributed by atoms with Crippen molar-refractivity contribution >= 4 is 0 Å². The molecule has 0 saturated heterocycles. The van der Waals surface area contributed by atoms with Crippen LogP contribution in [-0.2, 0) is 5.41 Å². The van der Waals surface area contributed by atoms with Gasteiger partial charge in [0.25, 0.3) is 0 Å². The third-order valence-corrected chi connectivity index (χ3v) is 8.93. The molecule has 2 aromatic heterocycles. The second-order valence-electron chi connectivity index (χ2n) is 11.6. The third-order valence-electron chi connectivity index (χ3n) is 8.93. The molecular formula is C41H31N3O. The van der Waals surface area contributed by atoms with Gasteiger partial charge < -0.3 is 4.74 Å². The van der Waals surface area contributed by atoms with Crippen LogP contribution in [0.1, 0.15) is 33.5 Å². The number of nitrogens with zero attached hydrogens (tertiary/aromatic N) is 3. The molecule has 0 amide bonds. The topological polar surface area (TPSA) is 39.9 Å². The van der Waals surface area contributed by atoms with Gasteiger partial charge in [-0.15, -0.1) is 0 Å². The summed E-state index contributed by atoms with van der Waals surface area (Å²) in [6, 6.07) is 46.8. The number of hydrogen-bond acceptors (Lipinski definition) is 3.